The number of nitrogens with zero attached hydrogens (tertiary/aromatic N) is 2. The van der Waals surface area contributed by atoms with E-state index >= 15 is 0 Å². The Labute approximate surface area is 201 Å². The van der Waals surface area contributed by atoms with Crippen molar-refractivity contribution in [2.75, 3.05) is 10.6 Å². The fraction of sp³-hybridized carbons (Fsp3) is 0.111. The van der Waals surface area contributed by atoms with Crippen molar-refractivity contribution < 1.29 is 14.7 Å². The van der Waals surface area contributed by atoms with Crippen LogP contribution < -0.4 is 10.6 Å². The summed E-state index contributed by atoms with van der Waals surface area (Å²) in [6.07, 6.45) is 5.26. The number of carbonyl (C=O) groups is 2. The van der Waals surface area contributed by atoms with E-state index in [1.807, 2.05) is 49.4 Å². The number of phenolic OH excluding ortho intramolecular Hbond substituents is 1. The van der Waals surface area contributed by atoms with Gasteiger partial charge in [-0.05, 0) is 59.9 Å². The van der Waals surface area contributed by atoms with Crippen molar-refractivity contribution in [2.45, 2.75) is 19.3 Å². The Balaban J connectivity index is 1.33. The molecule has 0 radical (unpaired) electrons. The highest BCUT2D eigenvalue weighted by atomic mass is 16.3. The summed E-state index contributed by atoms with van der Waals surface area (Å²) in [5, 5.41) is 22.1. The van der Waals surface area contributed by atoms with Gasteiger partial charge in [-0.15, -0.1) is 0 Å². The number of nitrogens with one attached hydrogen (secondary N) is 3. The highest BCUT2D eigenvalue weighted by molar-refractivity contribution is 6.12. The molecule has 174 valence electrons. The van der Waals surface area contributed by atoms with Crippen LogP contribution >= 0.6 is 0 Å². The summed E-state index contributed by atoms with van der Waals surface area (Å²) >= 11 is 0. The van der Waals surface area contributed by atoms with Gasteiger partial charge in [0.25, 0.3) is 5.91 Å². The van der Waals surface area contributed by atoms with Gasteiger partial charge in [-0.3, -0.25) is 19.7 Å². The molecule has 0 fully saturated rings. The number of hydrogen-bond donors (Lipinski definition) is 4. The zero-order chi connectivity index (χ0) is 24.4. The molecule has 1 aliphatic rings. The first-order valence-electron chi connectivity index (χ1n) is 11.1. The number of aromatic nitrogens is 2. The quantitative estimate of drug-likeness (QED) is 0.308. The summed E-state index contributed by atoms with van der Waals surface area (Å²) in [5.74, 6) is -0.724. The molecule has 5 rings (SSSR count). The third kappa shape index (κ3) is 4.81. The Morgan fingerprint density at radius 2 is 2.00 bits per heavy atom. The van der Waals surface area contributed by atoms with Crippen LogP contribution in [0.4, 0.5) is 17.1 Å². The molecule has 8 heteroatoms. The second-order valence-electron chi connectivity index (χ2n) is 8.46. The van der Waals surface area contributed by atoms with Crippen LogP contribution in [-0.2, 0) is 11.2 Å². The van der Waals surface area contributed by atoms with Crippen LogP contribution in [0.15, 0.2) is 78.0 Å². The molecule has 0 spiro atoms. The number of rotatable bonds is 6. The van der Waals surface area contributed by atoms with Crippen molar-refractivity contribution >= 4 is 35.1 Å². The molecular weight excluding hydrogens is 442 g/mol. The summed E-state index contributed by atoms with van der Waals surface area (Å²) in [6.45, 7) is 1.81. The van der Waals surface area contributed by atoms with Gasteiger partial charge in [0.15, 0.2) is 0 Å². The maximum absolute atomic E-state index is 12.6. The lowest BCUT2D eigenvalue weighted by Gasteiger charge is -2.09. The topological polar surface area (TPSA) is 119 Å². The smallest absolute Gasteiger partial charge is 0.258 e. The van der Waals surface area contributed by atoms with E-state index in [0.29, 0.717) is 23.4 Å². The molecule has 2 heterocycles. The summed E-state index contributed by atoms with van der Waals surface area (Å²) in [4.78, 5) is 29.3. The number of benzene rings is 3. The molecular formula is C27H23N5O3. The van der Waals surface area contributed by atoms with Gasteiger partial charge >= 0.3 is 0 Å². The third-order valence-corrected chi connectivity index (χ3v) is 5.91. The summed E-state index contributed by atoms with van der Waals surface area (Å²) < 4.78 is 0. The molecule has 1 unspecified atom stereocenters. The van der Waals surface area contributed by atoms with E-state index < -0.39 is 5.92 Å². The maximum atomic E-state index is 12.6. The molecule has 0 aliphatic carbocycles. The first-order valence-corrected chi connectivity index (χ1v) is 11.1. The van der Waals surface area contributed by atoms with E-state index in [2.05, 4.69) is 25.8 Å². The van der Waals surface area contributed by atoms with E-state index in [9.17, 15) is 14.7 Å². The van der Waals surface area contributed by atoms with Crippen molar-refractivity contribution in [3.8, 4) is 5.75 Å². The standard InChI is InChI=1S/C27H23N5O3/c1-16-5-7-20(12-25(16)33)28-15-23-22-11-18(6-8-24(22)32-27(23)35)9-17-3-2-4-21(10-17)31-26(34)19-13-29-30-14-19/h2-8,10-15,23,33H,9H2,1H3,(H,29,30)(H,31,34)(H,32,35). The lowest BCUT2D eigenvalue weighted by atomic mass is 9.96. The number of hydrogen-bond acceptors (Lipinski definition) is 5. The highest BCUT2D eigenvalue weighted by Crippen LogP contribution is 2.33. The van der Waals surface area contributed by atoms with Gasteiger partial charge < -0.3 is 15.7 Å². The first-order chi connectivity index (χ1) is 17.0. The molecule has 4 N–H and O–H groups in total. The first kappa shape index (κ1) is 22.1. The van der Waals surface area contributed by atoms with Gasteiger partial charge in [0.05, 0.1) is 17.4 Å². The van der Waals surface area contributed by atoms with Crippen molar-refractivity contribution in [3.63, 3.8) is 0 Å². The van der Waals surface area contributed by atoms with E-state index in [0.717, 1.165) is 27.9 Å². The van der Waals surface area contributed by atoms with Crippen molar-refractivity contribution in [3.05, 3.63) is 101 Å². The molecule has 0 saturated heterocycles. The van der Waals surface area contributed by atoms with Gasteiger partial charge in [0.1, 0.15) is 11.7 Å². The minimum Gasteiger partial charge on any atom is -0.508 e. The molecule has 8 nitrogen and oxygen atoms in total. The van der Waals surface area contributed by atoms with Crippen LogP contribution in [0.5, 0.6) is 5.75 Å². The van der Waals surface area contributed by atoms with Crippen LogP contribution in [0.1, 0.15) is 38.5 Å². The lowest BCUT2D eigenvalue weighted by Crippen LogP contribution is -2.12. The van der Waals surface area contributed by atoms with Crippen LogP contribution in [0, 0.1) is 6.92 Å². The zero-order valence-electron chi connectivity index (χ0n) is 18.9. The van der Waals surface area contributed by atoms with Crippen molar-refractivity contribution in [1.82, 2.24) is 10.2 Å². The minimum atomic E-state index is -0.519. The molecule has 0 saturated carbocycles. The monoisotopic (exact) mass is 465 g/mol. The average molecular weight is 466 g/mol. The molecule has 4 aromatic rings. The van der Waals surface area contributed by atoms with Crippen LogP contribution in [0.25, 0.3) is 0 Å². The van der Waals surface area contributed by atoms with Gasteiger partial charge in [0, 0.05) is 29.9 Å². The number of anilines is 2. The van der Waals surface area contributed by atoms with Crippen LogP contribution in [0.3, 0.4) is 0 Å². The molecule has 1 aliphatic heterocycles. The fourth-order valence-electron chi connectivity index (χ4n) is 4.00. The Hall–Kier alpha value is -4.72. The number of phenols is 1. The lowest BCUT2D eigenvalue weighted by molar-refractivity contribution is -0.115. The predicted octanol–water partition coefficient (Wildman–Crippen LogP) is 4.71. The minimum absolute atomic E-state index is 0.138. The van der Waals surface area contributed by atoms with E-state index in [1.54, 1.807) is 30.6 Å². The van der Waals surface area contributed by atoms with Crippen molar-refractivity contribution in [2.24, 2.45) is 4.99 Å². The number of amides is 2. The SMILES string of the molecule is Cc1ccc(N=CC2C(=O)Nc3ccc(Cc4cccc(NC(=O)c5cn[nH]c5)c4)cc32)cc1O. The maximum Gasteiger partial charge on any atom is 0.258 e. The van der Waals surface area contributed by atoms with E-state index in [-0.39, 0.29) is 17.6 Å². The third-order valence-electron chi connectivity index (χ3n) is 5.91. The summed E-state index contributed by atoms with van der Waals surface area (Å²) in [6, 6.07) is 18.7. The predicted molar refractivity (Wildman–Crippen MR) is 135 cm³/mol. The average Bonchev–Trinajstić information content (AvgIpc) is 3.48. The fourth-order valence-corrected chi connectivity index (χ4v) is 4.00. The van der Waals surface area contributed by atoms with Gasteiger partial charge in [0.2, 0.25) is 5.91 Å². The number of aromatic amines is 1. The Morgan fingerprint density at radius 1 is 1.14 bits per heavy atom. The van der Waals surface area contributed by atoms with Crippen LogP contribution in [0.2, 0.25) is 0 Å². The molecule has 0 bridgehead atoms. The highest BCUT2D eigenvalue weighted by Gasteiger charge is 2.29. The van der Waals surface area contributed by atoms with E-state index in [4.69, 9.17) is 0 Å². The number of fused-ring (bicyclic) bond motifs is 1. The van der Waals surface area contributed by atoms with E-state index in [1.165, 1.54) is 6.20 Å². The Kier molecular flexibility index (Phi) is 5.85. The number of carbonyl (C=O) groups excluding carboxylic acids is 2. The molecule has 3 aromatic carbocycles. The van der Waals surface area contributed by atoms with Gasteiger partial charge in [-0.1, -0.05) is 30.3 Å². The molecule has 1 atom stereocenters. The summed E-state index contributed by atoms with van der Waals surface area (Å²) in [7, 11) is 0. The molecule has 35 heavy (non-hydrogen) atoms. The molecule has 2 amide bonds. The molecule has 1 aromatic heterocycles. The second kappa shape index (κ2) is 9.26. The Bertz CT molecular complexity index is 1440. The normalized spacial score (nSPS) is 14.7. The summed E-state index contributed by atoms with van der Waals surface area (Å²) in [5.41, 5.74) is 6.18. The number of aliphatic imine (C=N–C) groups is 1. The van der Waals surface area contributed by atoms with Gasteiger partial charge in [-0.25, -0.2) is 0 Å². The van der Waals surface area contributed by atoms with Gasteiger partial charge in [-0.2, -0.15) is 5.10 Å². The number of aryl methyl sites for hydroxylation is 1. The number of H-pyrrole nitrogens is 1. The second-order valence-corrected chi connectivity index (χ2v) is 8.46. The number of aromatic hydroxyl groups is 1. The largest absolute Gasteiger partial charge is 0.508 e. The van der Waals surface area contributed by atoms with Crippen molar-refractivity contribution in [1.29, 1.82) is 0 Å². The Morgan fingerprint density at radius 3 is 2.80 bits per heavy atom. The van der Waals surface area contributed by atoms with Crippen LogP contribution in [-0.4, -0.2) is 33.3 Å². The zero-order valence-corrected chi connectivity index (χ0v) is 18.9.